The van der Waals surface area contributed by atoms with Crippen LogP contribution in [0.3, 0.4) is 0 Å². The van der Waals surface area contributed by atoms with Crippen molar-refractivity contribution in [1.82, 2.24) is 10.2 Å². The molecule has 1 aliphatic carbocycles. The predicted octanol–water partition coefficient (Wildman–Crippen LogP) is 2.80. The van der Waals surface area contributed by atoms with Gasteiger partial charge in [0, 0.05) is 31.2 Å². The molecule has 112 valence electrons. The number of rotatable bonds is 4. The first-order chi connectivity index (χ1) is 8.94. The SMILES string of the molecule is CCC1CNC2(CCCC2)CN1CCOC(C)(C)C. The van der Waals surface area contributed by atoms with E-state index in [1.807, 2.05) is 0 Å². The van der Waals surface area contributed by atoms with Gasteiger partial charge in [0.15, 0.2) is 0 Å². The number of hydrogen-bond donors (Lipinski definition) is 1. The van der Waals surface area contributed by atoms with E-state index in [4.69, 9.17) is 4.74 Å². The van der Waals surface area contributed by atoms with Crippen molar-refractivity contribution in [2.75, 3.05) is 26.2 Å². The fourth-order valence-electron chi connectivity index (χ4n) is 3.56. The first kappa shape index (κ1) is 15.3. The lowest BCUT2D eigenvalue weighted by Crippen LogP contribution is -2.63. The molecule has 1 atom stereocenters. The van der Waals surface area contributed by atoms with Crippen LogP contribution in [0.4, 0.5) is 0 Å². The summed E-state index contributed by atoms with van der Waals surface area (Å²) in [5.41, 5.74) is 0.411. The van der Waals surface area contributed by atoms with Gasteiger partial charge < -0.3 is 10.1 Å². The van der Waals surface area contributed by atoms with Gasteiger partial charge in [-0.25, -0.2) is 0 Å². The Balaban J connectivity index is 1.87. The van der Waals surface area contributed by atoms with Gasteiger partial charge in [-0.2, -0.15) is 0 Å². The second-order valence-electron chi connectivity index (χ2n) is 7.36. The van der Waals surface area contributed by atoms with Gasteiger partial charge in [0.25, 0.3) is 0 Å². The molecule has 3 heteroatoms. The van der Waals surface area contributed by atoms with E-state index in [1.165, 1.54) is 38.6 Å². The van der Waals surface area contributed by atoms with Crippen molar-refractivity contribution in [3.05, 3.63) is 0 Å². The largest absolute Gasteiger partial charge is 0.375 e. The van der Waals surface area contributed by atoms with Gasteiger partial charge in [-0.05, 0) is 40.0 Å². The van der Waals surface area contributed by atoms with Crippen LogP contribution in [0.2, 0.25) is 0 Å². The smallest absolute Gasteiger partial charge is 0.0600 e. The summed E-state index contributed by atoms with van der Waals surface area (Å²) in [6.45, 7) is 13.0. The van der Waals surface area contributed by atoms with E-state index in [1.54, 1.807) is 0 Å². The number of nitrogens with one attached hydrogen (secondary N) is 1. The molecule has 1 unspecified atom stereocenters. The lowest BCUT2D eigenvalue weighted by molar-refractivity contribution is -0.0277. The molecule has 2 rings (SSSR count). The Bertz CT molecular complexity index is 279. The van der Waals surface area contributed by atoms with E-state index < -0.39 is 0 Å². The predicted molar refractivity (Wildman–Crippen MR) is 80.6 cm³/mol. The Labute approximate surface area is 119 Å². The molecule has 1 saturated heterocycles. The van der Waals surface area contributed by atoms with Gasteiger partial charge in [0.05, 0.1) is 12.2 Å². The van der Waals surface area contributed by atoms with Gasteiger partial charge in [-0.3, -0.25) is 4.90 Å². The van der Waals surface area contributed by atoms with Crippen molar-refractivity contribution in [2.24, 2.45) is 0 Å². The molecule has 19 heavy (non-hydrogen) atoms. The Morgan fingerprint density at radius 3 is 2.53 bits per heavy atom. The van der Waals surface area contributed by atoms with Crippen molar-refractivity contribution < 1.29 is 4.74 Å². The van der Waals surface area contributed by atoms with E-state index in [-0.39, 0.29) is 5.60 Å². The van der Waals surface area contributed by atoms with Gasteiger partial charge in [0.1, 0.15) is 0 Å². The van der Waals surface area contributed by atoms with Gasteiger partial charge in [0.2, 0.25) is 0 Å². The topological polar surface area (TPSA) is 24.5 Å². The number of hydrogen-bond acceptors (Lipinski definition) is 3. The van der Waals surface area contributed by atoms with Crippen LogP contribution in [-0.2, 0) is 4.74 Å². The number of ether oxygens (including phenoxy) is 1. The first-order valence-corrected chi connectivity index (χ1v) is 8.07. The monoisotopic (exact) mass is 268 g/mol. The maximum Gasteiger partial charge on any atom is 0.0600 e. The van der Waals surface area contributed by atoms with E-state index in [0.29, 0.717) is 11.6 Å². The van der Waals surface area contributed by atoms with Crippen molar-refractivity contribution in [2.45, 2.75) is 77.0 Å². The van der Waals surface area contributed by atoms with Crippen LogP contribution in [-0.4, -0.2) is 48.3 Å². The molecule has 2 fully saturated rings. The normalized spacial score (nSPS) is 28.1. The zero-order chi connectivity index (χ0) is 13.9. The number of nitrogens with zero attached hydrogens (tertiary/aromatic N) is 1. The first-order valence-electron chi connectivity index (χ1n) is 8.07. The summed E-state index contributed by atoms with van der Waals surface area (Å²) >= 11 is 0. The molecular weight excluding hydrogens is 236 g/mol. The fourth-order valence-corrected chi connectivity index (χ4v) is 3.56. The minimum atomic E-state index is -0.0131. The summed E-state index contributed by atoms with van der Waals surface area (Å²) in [4.78, 5) is 2.67. The maximum atomic E-state index is 5.91. The molecule has 0 bridgehead atoms. The third-order valence-corrected chi connectivity index (χ3v) is 4.68. The quantitative estimate of drug-likeness (QED) is 0.848. The summed E-state index contributed by atoms with van der Waals surface area (Å²) < 4.78 is 5.91. The van der Waals surface area contributed by atoms with E-state index in [9.17, 15) is 0 Å². The summed E-state index contributed by atoms with van der Waals surface area (Å²) in [5, 5.41) is 3.85. The fraction of sp³-hybridized carbons (Fsp3) is 1.00. The lowest BCUT2D eigenvalue weighted by Gasteiger charge is -2.46. The Morgan fingerprint density at radius 1 is 1.26 bits per heavy atom. The molecule has 0 amide bonds. The van der Waals surface area contributed by atoms with E-state index >= 15 is 0 Å². The minimum Gasteiger partial charge on any atom is -0.375 e. The van der Waals surface area contributed by atoms with Crippen LogP contribution in [0.25, 0.3) is 0 Å². The zero-order valence-electron chi connectivity index (χ0n) is 13.3. The third-order valence-electron chi connectivity index (χ3n) is 4.68. The molecule has 1 heterocycles. The molecule has 3 nitrogen and oxygen atoms in total. The molecule has 0 aromatic carbocycles. The molecule has 1 spiro atoms. The maximum absolute atomic E-state index is 5.91. The van der Waals surface area contributed by atoms with Gasteiger partial charge in [-0.1, -0.05) is 19.8 Å². The van der Waals surface area contributed by atoms with Crippen LogP contribution in [0.5, 0.6) is 0 Å². The van der Waals surface area contributed by atoms with Gasteiger partial charge in [-0.15, -0.1) is 0 Å². The Kier molecular flexibility index (Phi) is 4.91. The minimum absolute atomic E-state index is 0.0131. The third kappa shape index (κ3) is 4.17. The van der Waals surface area contributed by atoms with Crippen molar-refractivity contribution >= 4 is 0 Å². The van der Waals surface area contributed by atoms with Gasteiger partial charge >= 0.3 is 0 Å². The highest BCUT2D eigenvalue weighted by atomic mass is 16.5. The average Bonchev–Trinajstić information content (AvgIpc) is 2.76. The molecule has 1 N–H and O–H groups in total. The van der Waals surface area contributed by atoms with Crippen molar-refractivity contribution in [3.63, 3.8) is 0 Å². The molecule has 2 aliphatic rings. The number of piperazine rings is 1. The second kappa shape index (κ2) is 6.11. The zero-order valence-corrected chi connectivity index (χ0v) is 13.3. The summed E-state index contributed by atoms with van der Waals surface area (Å²) in [7, 11) is 0. The molecular formula is C16H32N2O. The van der Waals surface area contributed by atoms with E-state index in [2.05, 4.69) is 37.9 Å². The average molecular weight is 268 g/mol. The molecule has 1 aliphatic heterocycles. The Morgan fingerprint density at radius 2 is 1.95 bits per heavy atom. The second-order valence-corrected chi connectivity index (χ2v) is 7.36. The summed E-state index contributed by atoms with van der Waals surface area (Å²) in [5.74, 6) is 0. The summed E-state index contributed by atoms with van der Waals surface area (Å²) in [6.07, 6.45) is 6.75. The summed E-state index contributed by atoms with van der Waals surface area (Å²) in [6, 6.07) is 0.690. The van der Waals surface area contributed by atoms with Crippen LogP contribution in [0.15, 0.2) is 0 Å². The standard InChI is InChI=1S/C16H32N2O/c1-5-14-12-17-16(8-6-7-9-16)13-18(14)10-11-19-15(2,3)4/h14,17H,5-13H2,1-4H3. The van der Waals surface area contributed by atoms with Crippen LogP contribution >= 0.6 is 0 Å². The van der Waals surface area contributed by atoms with Crippen LogP contribution < -0.4 is 5.32 Å². The highest BCUT2D eigenvalue weighted by molar-refractivity contribution is 5.00. The molecule has 0 aromatic rings. The molecule has 0 radical (unpaired) electrons. The van der Waals surface area contributed by atoms with Crippen molar-refractivity contribution in [1.29, 1.82) is 0 Å². The highest BCUT2D eigenvalue weighted by Gasteiger charge is 2.40. The van der Waals surface area contributed by atoms with E-state index in [0.717, 1.165) is 19.7 Å². The lowest BCUT2D eigenvalue weighted by atomic mass is 9.91. The van der Waals surface area contributed by atoms with Crippen molar-refractivity contribution in [3.8, 4) is 0 Å². The Hall–Kier alpha value is -0.120. The highest BCUT2D eigenvalue weighted by Crippen LogP contribution is 2.33. The molecule has 0 aromatic heterocycles. The van der Waals surface area contributed by atoms with Crippen LogP contribution in [0, 0.1) is 0 Å². The van der Waals surface area contributed by atoms with Crippen LogP contribution in [0.1, 0.15) is 59.8 Å². The molecule has 1 saturated carbocycles.